The van der Waals surface area contributed by atoms with E-state index in [9.17, 15) is 15.0 Å². The first-order valence-electron chi connectivity index (χ1n) is 5.14. The minimum Gasteiger partial charge on any atom is -0.469 e. The predicted molar refractivity (Wildman–Crippen MR) is 63.8 cm³/mol. The lowest BCUT2D eigenvalue weighted by atomic mass is 9.98. The van der Waals surface area contributed by atoms with Crippen molar-refractivity contribution in [3.63, 3.8) is 0 Å². The molecule has 0 bridgehead atoms. The Kier molecular flexibility index (Phi) is 4.93. The molecular formula is C12H15ClO4. The quantitative estimate of drug-likeness (QED) is 0.805. The van der Waals surface area contributed by atoms with Crippen molar-refractivity contribution >= 4 is 17.6 Å². The molecule has 0 aliphatic heterocycles. The van der Waals surface area contributed by atoms with Crippen molar-refractivity contribution in [2.75, 3.05) is 7.11 Å². The van der Waals surface area contributed by atoms with Gasteiger partial charge in [0, 0.05) is 5.02 Å². The summed E-state index contributed by atoms with van der Waals surface area (Å²) in [7, 11) is 1.23. The number of aliphatic hydroxyl groups is 2. The van der Waals surface area contributed by atoms with Gasteiger partial charge in [0.1, 0.15) is 6.10 Å². The molecule has 0 saturated heterocycles. The number of methoxy groups -OCH3 is 1. The average molecular weight is 259 g/mol. The van der Waals surface area contributed by atoms with Crippen molar-refractivity contribution < 1.29 is 19.7 Å². The lowest BCUT2D eigenvalue weighted by Crippen LogP contribution is -2.23. The standard InChI is InChI=1S/C12H15ClO4/c1-7-3-4-8(13)5-9(7)12(16)10(14)6-11(15)17-2/h3-5,10,12,14,16H,6H2,1-2H3. The van der Waals surface area contributed by atoms with E-state index in [1.165, 1.54) is 7.11 Å². The van der Waals surface area contributed by atoms with Crippen LogP contribution in [0, 0.1) is 6.92 Å². The van der Waals surface area contributed by atoms with E-state index in [1.807, 2.05) is 0 Å². The molecule has 0 heterocycles. The second-order valence-corrected chi connectivity index (χ2v) is 4.23. The molecule has 0 radical (unpaired) electrons. The molecule has 1 rings (SSSR count). The van der Waals surface area contributed by atoms with Crippen molar-refractivity contribution in [1.29, 1.82) is 0 Å². The fourth-order valence-electron chi connectivity index (χ4n) is 1.50. The Balaban J connectivity index is 2.84. The van der Waals surface area contributed by atoms with Gasteiger partial charge in [-0.1, -0.05) is 17.7 Å². The molecule has 2 N–H and O–H groups in total. The summed E-state index contributed by atoms with van der Waals surface area (Å²) in [6.07, 6.45) is -2.63. The van der Waals surface area contributed by atoms with Crippen LogP contribution in [0.5, 0.6) is 0 Å². The summed E-state index contributed by atoms with van der Waals surface area (Å²) in [5.41, 5.74) is 1.31. The number of benzene rings is 1. The first-order chi connectivity index (χ1) is 7.95. The number of rotatable bonds is 4. The van der Waals surface area contributed by atoms with Crippen LogP contribution in [0.2, 0.25) is 5.02 Å². The van der Waals surface area contributed by atoms with E-state index in [-0.39, 0.29) is 6.42 Å². The van der Waals surface area contributed by atoms with Crippen LogP contribution in [0.1, 0.15) is 23.7 Å². The number of hydrogen-bond acceptors (Lipinski definition) is 4. The van der Waals surface area contributed by atoms with Crippen molar-refractivity contribution in [1.82, 2.24) is 0 Å². The molecule has 1 aromatic carbocycles. The van der Waals surface area contributed by atoms with Crippen LogP contribution in [0.15, 0.2) is 18.2 Å². The molecule has 4 nitrogen and oxygen atoms in total. The highest BCUT2D eigenvalue weighted by Crippen LogP contribution is 2.25. The molecule has 17 heavy (non-hydrogen) atoms. The van der Waals surface area contributed by atoms with Crippen LogP contribution < -0.4 is 0 Å². The van der Waals surface area contributed by atoms with E-state index < -0.39 is 18.2 Å². The molecular weight excluding hydrogens is 244 g/mol. The Morgan fingerprint density at radius 1 is 1.47 bits per heavy atom. The van der Waals surface area contributed by atoms with Gasteiger partial charge in [-0.2, -0.15) is 0 Å². The van der Waals surface area contributed by atoms with Crippen LogP contribution >= 0.6 is 11.6 Å². The maximum atomic E-state index is 11.0. The van der Waals surface area contributed by atoms with E-state index in [1.54, 1.807) is 25.1 Å². The minimum absolute atomic E-state index is 0.260. The highest BCUT2D eigenvalue weighted by atomic mass is 35.5. The number of ether oxygens (including phenoxy) is 1. The largest absolute Gasteiger partial charge is 0.469 e. The summed E-state index contributed by atoms with van der Waals surface area (Å²) in [4.78, 5) is 11.0. The Morgan fingerprint density at radius 3 is 2.71 bits per heavy atom. The van der Waals surface area contributed by atoms with E-state index in [2.05, 4.69) is 4.74 Å². The zero-order chi connectivity index (χ0) is 13.0. The number of aliphatic hydroxyl groups excluding tert-OH is 2. The minimum atomic E-state index is -1.21. The summed E-state index contributed by atoms with van der Waals surface area (Å²) in [5, 5.41) is 20.1. The van der Waals surface area contributed by atoms with Crippen LogP contribution in [0.25, 0.3) is 0 Å². The molecule has 1 aromatic rings. The summed E-state index contributed by atoms with van der Waals surface area (Å²) in [5.74, 6) is -0.573. The summed E-state index contributed by atoms with van der Waals surface area (Å²) < 4.78 is 4.42. The second kappa shape index (κ2) is 6.00. The van der Waals surface area contributed by atoms with Crippen molar-refractivity contribution in [2.45, 2.75) is 25.6 Å². The maximum Gasteiger partial charge on any atom is 0.308 e. The zero-order valence-electron chi connectivity index (χ0n) is 9.68. The van der Waals surface area contributed by atoms with Gasteiger partial charge < -0.3 is 14.9 Å². The monoisotopic (exact) mass is 258 g/mol. The normalized spacial score (nSPS) is 14.2. The third-order valence-electron chi connectivity index (χ3n) is 2.53. The van der Waals surface area contributed by atoms with E-state index in [0.717, 1.165) is 5.56 Å². The van der Waals surface area contributed by atoms with E-state index in [4.69, 9.17) is 11.6 Å². The molecule has 2 unspecified atom stereocenters. The third-order valence-corrected chi connectivity index (χ3v) is 2.76. The smallest absolute Gasteiger partial charge is 0.308 e. The molecule has 0 aliphatic rings. The molecule has 0 amide bonds. The van der Waals surface area contributed by atoms with Crippen molar-refractivity contribution in [3.05, 3.63) is 34.3 Å². The topological polar surface area (TPSA) is 66.8 Å². The summed E-state index contributed by atoms with van der Waals surface area (Å²) in [6.45, 7) is 1.79. The molecule has 2 atom stereocenters. The van der Waals surface area contributed by atoms with Crippen molar-refractivity contribution in [3.8, 4) is 0 Å². The van der Waals surface area contributed by atoms with Gasteiger partial charge >= 0.3 is 5.97 Å². The SMILES string of the molecule is COC(=O)CC(O)C(O)c1cc(Cl)ccc1C. The van der Waals surface area contributed by atoms with Crippen LogP contribution in [0.3, 0.4) is 0 Å². The van der Waals surface area contributed by atoms with Gasteiger partial charge in [0.05, 0.1) is 19.6 Å². The van der Waals surface area contributed by atoms with E-state index >= 15 is 0 Å². The molecule has 0 saturated carbocycles. The number of carbonyl (C=O) groups excluding carboxylic acids is 1. The molecule has 5 heteroatoms. The molecule has 94 valence electrons. The zero-order valence-corrected chi connectivity index (χ0v) is 10.4. The van der Waals surface area contributed by atoms with Gasteiger partial charge in [0.2, 0.25) is 0 Å². The Hall–Kier alpha value is -1.10. The second-order valence-electron chi connectivity index (χ2n) is 3.79. The van der Waals surface area contributed by atoms with Crippen LogP contribution in [-0.4, -0.2) is 29.4 Å². The third kappa shape index (κ3) is 3.70. The Bertz CT molecular complexity index is 405. The molecule has 0 spiro atoms. The fourth-order valence-corrected chi connectivity index (χ4v) is 1.68. The average Bonchev–Trinajstić information content (AvgIpc) is 2.31. The van der Waals surface area contributed by atoms with Crippen molar-refractivity contribution in [2.24, 2.45) is 0 Å². The Morgan fingerprint density at radius 2 is 2.12 bits per heavy atom. The van der Waals surface area contributed by atoms with Gasteiger partial charge in [-0.25, -0.2) is 0 Å². The molecule has 0 aliphatic carbocycles. The van der Waals surface area contributed by atoms with E-state index in [0.29, 0.717) is 10.6 Å². The van der Waals surface area contributed by atoms with Crippen LogP contribution in [0.4, 0.5) is 0 Å². The number of aryl methyl sites for hydroxylation is 1. The Labute approximate surface area is 105 Å². The number of halogens is 1. The lowest BCUT2D eigenvalue weighted by molar-refractivity contribution is -0.144. The van der Waals surface area contributed by atoms with Gasteiger partial charge in [-0.15, -0.1) is 0 Å². The van der Waals surface area contributed by atoms with Crippen LogP contribution in [-0.2, 0) is 9.53 Å². The molecule has 0 fully saturated rings. The summed E-state index contributed by atoms with van der Waals surface area (Å²) >= 11 is 5.81. The number of carbonyl (C=O) groups is 1. The first-order valence-corrected chi connectivity index (χ1v) is 5.52. The number of hydrogen-bond donors (Lipinski definition) is 2. The predicted octanol–water partition coefficient (Wildman–Crippen LogP) is 1.61. The summed E-state index contributed by atoms with van der Waals surface area (Å²) in [6, 6.07) is 5.01. The highest BCUT2D eigenvalue weighted by Gasteiger charge is 2.23. The van der Waals surface area contributed by atoms with Gasteiger partial charge in [-0.3, -0.25) is 4.79 Å². The number of esters is 1. The molecule has 0 aromatic heterocycles. The first kappa shape index (κ1) is 14.0. The highest BCUT2D eigenvalue weighted by molar-refractivity contribution is 6.30. The van der Waals surface area contributed by atoms with Gasteiger partial charge in [-0.05, 0) is 30.2 Å². The maximum absolute atomic E-state index is 11.0. The van der Waals surface area contributed by atoms with Gasteiger partial charge in [0.15, 0.2) is 0 Å². The van der Waals surface area contributed by atoms with Gasteiger partial charge in [0.25, 0.3) is 0 Å². The fraction of sp³-hybridized carbons (Fsp3) is 0.417. The lowest BCUT2D eigenvalue weighted by Gasteiger charge is -2.19.